The highest BCUT2D eigenvalue weighted by Gasteiger charge is 2.25. The molecule has 1 unspecified atom stereocenters. The molecular formula is C21H29ClN4O. The molecule has 146 valence electrons. The number of nitrogens with one attached hydrogen (secondary N) is 1. The molecule has 1 aliphatic rings. The van der Waals surface area contributed by atoms with Gasteiger partial charge in [-0.25, -0.2) is 4.98 Å². The summed E-state index contributed by atoms with van der Waals surface area (Å²) in [5.74, 6) is 1.15. The van der Waals surface area contributed by atoms with E-state index in [0.29, 0.717) is 11.8 Å². The zero-order valence-electron chi connectivity index (χ0n) is 16.6. The van der Waals surface area contributed by atoms with E-state index in [1.165, 1.54) is 12.8 Å². The molecule has 1 amide bonds. The number of fused-ring (bicyclic) bond motifs is 1. The molecule has 0 aliphatic heterocycles. The molecule has 6 heteroatoms. The number of halogens is 1. The molecule has 1 saturated carbocycles. The molecule has 1 aliphatic carbocycles. The molecule has 2 aromatic heterocycles. The Morgan fingerprint density at radius 2 is 2.15 bits per heavy atom. The van der Waals surface area contributed by atoms with Gasteiger partial charge in [-0.15, -0.1) is 0 Å². The van der Waals surface area contributed by atoms with Crippen molar-refractivity contribution in [1.82, 2.24) is 14.7 Å². The van der Waals surface area contributed by atoms with E-state index in [0.717, 1.165) is 47.0 Å². The van der Waals surface area contributed by atoms with Crippen LogP contribution in [0.4, 0.5) is 0 Å². The third-order valence-electron chi connectivity index (χ3n) is 4.75. The number of imidazole rings is 1. The summed E-state index contributed by atoms with van der Waals surface area (Å²) >= 11 is 5.89. The van der Waals surface area contributed by atoms with E-state index in [2.05, 4.69) is 35.3 Å². The lowest BCUT2D eigenvalue weighted by atomic mass is 10.1. The van der Waals surface area contributed by atoms with Gasteiger partial charge in [0.1, 0.15) is 5.65 Å². The minimum atomic E-state index is 0.508. The highest BCUT2D eigenvalue weighted by atomic mass is 35.5. The van der Waals surface area contributed by atoms with Crippen molar-refractivity contribution in [3.05, 3.63) is 47.0 Å². The van der Waals surface area contributed by atoms with Gasteiger partial charge in [0, 0.05) is 36.8 Å². The third kappa shape index (κ3) is 6.21. The van der Waals surface area contributed by atoms with Crippen LogP contribution in [0.5, 0.6) is 0 Å². The van der Waals surface area contributed by atoms with Gasteiger partial charge in [-0.05, 0) is 49.8 Å². The second kappa shape index (κ2) is 10.3. The molecule has 27 heavy (non-hydrogen) atoms. The number of aromatic nitrogens is 2. The number of aliphatic imine (C=N–C) groups is 1. The topological polar surface area (TPSA) is 58.8 Å². The number of allylic oxidation sites excluding steroid dienone is 2. The number of carbonyl (C=O) groups is 1. The lowest BCUT2D eigenvalue weighted by Gasteiger charge is -2.03. The van der Waals surface area contributed by atoms with Crippen LogP contribution < -0.4 is 5.32 Å². The fourth-order valence-electron chi connectivity index (χ4n) is 2.67. The van der Waals surface area contributed by atoms with Gasteiger partial charge in [-0.1, -0.05) is 32.4 Å². The molecule has 0 saturated heterocycles. The van der Waals surface area contributed by atoms with Crippen LogP contribution in [0.1, 0.15) is 58.1 Å². The summed E-state index contributed by atoms with van der Waals surface area (Å²) in [5, 5.41) is 3.42. The van der Waals surface area contributed by atoms with Crippen molar-refractivity contribution in [2.24, 2.45) is 10.9 Å². The van der Waals surface area contributed by atoms with Gasteiger partial charge in [0.2, 0.25) is 6.41 Å². The molecule has 0 radical (unpaired) electrons. The fourth-order valence-corrected chi connectivity index (χ4v) is 2.84. The Balaban J connectivity index is 0.000000194. The highest BCUT2D eigenvalue weighted by Crippen LogP contribution is 2.31. The molecule has 0 bridgehead atoms. The smallest absolute Gasteiger partial charge is 0.211 e. The Morgan fingerprint density at radius 3 is 2.70 bits per heavy atom. The summed E-state index contributed by atoms with van der Waals surface area (Å²) in [4.78, 5) is 19.0. The van der Waals surface area contributed by atoms with Crippen molar-refractivity contribution < 1.29 is 4.79 Å². The first kappa shape index (κ1) is 21.2. The first-order valence-corrected chi connectivity index (χ1v) is 9.91. The van der Waals surface area contributed by atoms with Crippen molar-refractivity contribution in [3.8, 4) is 0 Å². The van der Waals surface area contributed by atoms with Crippen LogP contribution in [0.15, 0.2) is 41.3 Å². The fraction of sp³-hybridized carbons (Fsp3) is 0.476. The molecule has 5 nitrogen and oxygen atoms in total. The van der Waals surface area contributed by atoms with Crippen LogP contribution in [0.3, 0.4) is 0 Å². The summed E-state index contributed by atoms with van der Waals surface area (Å²) in [5.41, 5.74) is 4.16. The van der Waals surface area contributed by atoms with Crippen LogP contribution in [0.2, 0.25) is 5.02 Å². The molecule has 1 atom stereocenters. The number of nitrogens with zero attached hydrogens (tertiary/aromatic N) is 3. The van der Waals surface area contributed by atoms with Gasteiger partial charge in [-0.3, -0.25) is 9.79 Å². The molecule has 2 heterocycles. The quantitative estimate of drug-likeness (QED) is 0.535. The van der Waals surface area contributed by atoms with Gasteiger partial charge in [0.25, 0.3) is 0 Å². The maximum Gasteiger partial charge on any atom is 0.211 e. The second-order valence-corrected chi connectivity index (χ2v) is 7.23. The zero-order valence-corrected chi connectivity index (χ0v) is 17.3. The largest absolute Gasteiger partial charge is 0.332 e. The maximum atomic E-state index is 10.2. The van der Waals surface area contributed by atoms with Crippen LogP contribution in [-0.4, -0.2) is 28.6 Å². The van der Waals surface area contributed by atoms with Crippen molar-refractivity contribution in [2.45, 2.75) is 52.4 Å². The summed E-state index contributed by atoms with van der Waals surface area (Å²) in [6, 6.07) is 3.80. The third-order valence-corrected chi connectivity index (χ3v) is 4.98. The van der Waals surface area contributed by atoms with Gasteiger partial charge < -0.3 is 9.72 Å². The van der Waals surface area contributed by atoms with Crippen LogP contribution in [-0.2, 0) is 4.79 Å². The average Bonchev–Trinajstić information content (AvgIpc) is 3.43. The van der Waals surface area contributed by atoms with Crippen LogP contribution >= 0.6 is 11.6 Å². The average molecular weight is 389 g/mol. The van der Waals surface area contributed by atoms with Crippen LogP contribution in [0, 0.1) is 5.92 Å². The maximum absolute atomic E-state index is 10.2. The molecule has 3 rings (SSSR count). The Hall–Kier alpha value is -2.14. The van der Waals surface area contributed by atoms with Crippen molar-refractivity contribution >= 4 is 29.4 Å². The molecule has 1 N–H and O–H groups in total. The number of hydrogen-bond donors (Lipinski definition) is 1. The van der Waals surface area contributed by atoms with Crippen molar-refractivity contribution in [3.63, 3.8) is 0 Å². The Labute approximate surface area is 166 Å². The predicted molar refractivity (Wildman–Crippen MR) is 113 cm³/mol. The van der Waals surface area contributed by atoms with Crippen LogP contribution in [0.25, 0.3) is 5.65 Å². The minimum absolute atomic E-state index is 0.508. The molecule has 1 fully saturated rings. The van der Waals surface area contributed by atoms with E-state index in [1.54, 1.807) is 7.05 Å². The molecule has 0 spiro atoms. The summed E-state index contributed by atoms with van der Waals surface area (Å²) in [7, 11) is 1.80. The monoisotopic (exact) mass is 388 g/mol. The summed E-state index contributed by atoms with van der Waals surface area (Å²) in [6.07, 6.45) is 11.1. The first-order chi connectivity index (χ1) is 13.0. The highest BCUT2D eigenvalue weighted by molar-refractivity contribution is 6.30. The number of carbonyl (C=O) groups excluding carboxylic acids is 1. The van der Waals surface area contributed by atoms with Crippen molar-refractivity contribution in [1.29, 1.82) is 0 Å². The van der Waals surface area contributed by atoms with Crippen molar-refractivity contribution in [2.75, 3.05) is 7.05 Å². The molecule has 0 aromatic carbocycles. The number of pyridine rings is 1. The lowest BCUT2D eigenvalue weighted by molar-refractivity contribution is -0.108. The van der Waals surface area contributed by atoms with Gasteiger partial charge in [-0.2, -0.15) is 0 Å². The van der Waals surface area contributed by atoms with Gasteiger partial charge in [0.15, 0.2) is 0 Å². The minimum Gasteiger partial charge on any atom is -0.332 e. The SMILES string of the molecule is CC/C(=C\C(=NC)C1CC1)NC=O.CCC(C)c1cn2cc(Cl)ccc2n1. The predicted octanol–water partition coefficient (Wildman–Crippen LogP) is 5.01. The molecule has 2 aromatic rings. The lowest BCUT2D eigenvalue weighted by Crippen LogP contribution is -2.12. The molecular weight excluding hydrogens is 360 g/mol. The van der Waals surface area contributed by atoms with E-state index in [4.69, 9.17) is 11.6 Å². The van der Waals surface area contributed by atoms with Gasteiger partial charge in [0.05, 0.1) is 10.7 Å². The van der Waals surface area contributed by atoms with Gasteiger partial charge >= 0.3 is 0 Å². The number of hydrogen-bond acceptors (Lipinski definition) is 3. The van der Waals surface area contributed by atoms with E-state index in [-0.39, 0.29) is 0 Å². The second-order valence-electron chi connectivity index (χ2n) is 6.80. The Morgan fingerprint density at radius 1 is 1.41 bits per heavy atom. The normalized spacial score (nSPS) is 15.9. The van der Waals surface area contributed by atoms with E-state index in [9.17, 15) is 4.79 Å². The number of rotatable bonds is 7. The van der Waals surface area contributed by atoms with E-state index < -0.39 is 0 Å². The standard InChI is InChI=1S/C11H13ClN2.C10H16N2O/c1-3-8(2)10-7-14-6-9(12)4-5-11(14)13-10;1-3-9(12-7-13)6-10(11-2)8-4-5-8/h4-8H,3H2,1-2H3;6-8H,3-5H2,1-2H3,(H,12,13)/b;9-6+,11-10?. The zero-order chi connectivity index (χ0) is 19.8. The van der Waals surface area contributed by atoms with E-state index in [1.807, 2.05) is 35.7 Å². The summed E-state index contributed by atoms with van der Waals surface area (Å²) < 4.78 is 1.98. The van der Waals surface area contributed by atoms with E-state index >= 15 is 0 Å². The number of amides is 1. The Bertz CT molecular complexity index is 821. The Kier molecular flexibility index (Phi) is 8.04. The summed E-state index contributed by atoms with van der Waals surface area (Å²) in [6.45, 7) is 6.37. The first-order valence-electron chi connectivity index (χ1n) is 9.53.